The van der Waals surface area contributed by atoms with Crippen LogP contribution in [0.4, 0.5) is 16.2 Å². The molecule has 2 N–H and O–H groups in total. The zero-order chi connectivity index (χ0) is 21.4. The predicted molar refractivity (Wildman–Crippen MR) is 113 cm³/mol. The molecule has 0 aliphatic carbocycles. The van der Waals surface area contributed by atoms with Crippen molar-refractivity contribution < 1.29 is 19.1 Å². The highest BCUT2D eigenvalue weighted by Gasteiger charge is 2.49. The third kappa shape index (κ3) is 3.35. The third-order valence-electron chi connectivity index (χ3n) is 5.09. The molecule has 2 aromatic carbocycles. The van der Waals surface area contributed by atoms with E-state index in [-0.39, 0.29) is 5.57 Å². The van der Waals surface area contributed by atoms with Gasteiger partial charge in [-0.2, -0.15) is 0 Å². The summed E-state index contributed by atoms with van der Waals surface area (Å²) in [4.78, 5) is 41.5. The quantitative estimate of drug-likeness (QED) is 0.784. The van der Waals surface area contributed by atoms with Crippen molar-refractivity contribution in [2.24, 2.45) is 0 Å². The monoisotopic (exact) mass is 426 g/mol. The number of para-hydroxylation sites is 2. The molecule has 1 saturated heterocycles. The van der Waals surface area contributed by atoms with Crippen LogP contribution in [0.15, 0.2) is 60.3 Å². The van der Waals surface area contributed by atoms with Crippen LogP contribution in [0.25, 0.3) is 0 Å². The number of fused-ring (bicyclic) bond motifs is 1. The minimum Gasteiger partial charge on any atom is -0.495 e. The molecule has 154 valence electrons. The number of anilines is 2. The van der Waals surface area contributed by atoms with Gasteiger partial charge in [-0.1, -0.05) is 23.7 Å². The van der Waals surface area contributed by atoms with Crippen LogP contribution in [0.5, 0.6) is 5.75 Å². The Kier molecular flexibility index (Phi) is 5.09. The maximum absolute atomic E-state index is 13.1. The second-order valence-corrected chi connectivity index (χ2v) is 7.36. The van der Waals surface area contributed by atoms with E-state index in [1.807, 2.05) is 0 Å². The molecule has 0 bridgehead atoms. The number of nitrogens with one attached hydrogen (secondary N) is 2. The van der Waals surface area contributed by atoms with Crippen LogP contribution in [-0.2, 0) is 9.59 Å². The molecule has 9 heteroatoms. The van der Waals surface area contributed by atoms with E-state index in [0.29, 0.717) is 22.1 Å². The Hall–Kier alpha value is -3.52. The first-order valence-electron chi connectivity index (χ1n) is 9.18. The van der Waals surface area contributed by atoms with E-state index >= 15 is 0 Å². The van der Waals surface area contributed by atoms with Gasteiger partial charge in [-0.25, -0.2) is 9.69 Å². The summed E-state index contributed by atoms with van der Waals surface area (Å²) >= 11 is 5.90. The van der Waals surface area contributed by atoms with Gasteiger partial charge in [0, 0.05) is 18.3 Å². The first kappa shape index (κ1) is 19.8. The van der Waals surface area contributed by atoms with Crippen molar-refractivity contribution in [1.82, 2.24) is 10.2 Å². The van der Waals surface area contributed by atoms with E-state index in [2.05, 4.69) is 10.6 Å². The number of benzene rings is 2. The highest BCUT2D eigenvalue weighted by Crippen LogP contribution is 2.31. The number of amides is 4. The van der Waals surface area contributed by atoms with Gasteiger partial charge < -0.3 is 20.3 Å². The molecule has 2 atom stereocenters. The Labute approximate surface area is 178 Å². The summed E-state index contributed by atoms with van der Waals surface area (Å²) in [7, 11) is 3.20. The summed E-state index contributed by atoms with van der Waals surface area (Å²) in [5.41, 5.74) is 1.18. The lowest BCUT2D eigenvalue weighted by atomic mass is 9.99. The lowest BCUT2D eigenvalue weighted by molar-refractivity contribution is -0.122. The average Bonchev–Trinajstić information content (AvgIpc) is 3.06. The fourth-order valence-electron chi connectivity index (χ4n) is 3.67. The molecule has 1 fully saturated rings. The number of halogens is 1. The Morgan fingerprint density at radius 1 is 1.13 bits per heavy atom. The van der Waals surface area contributed by atoms with E-state index in [1.54, 1.807) is 66.7 Å². The molecular formula is C21H19ClN4O4. The summed E-state index contributed by atoms with van der Waals surface area (Å²) in [6, 6.07) is 11.3. The van der Waals surface area contributed by atoms with Crippen LogP contribution < -0.4 is 20.3 Å². The number of hydrogen-bond donors (Lipinski definition) is 2. The van der Waals surface area contributed by atoms with Gasteiger partial charge in [0.15, 0.2) is 0 Å². The van der Waals surface area contributed by atoms with Crippen LogP contribution in [0, 0.1) is 0 Å². The topological polar surface area (TPSA) is 91.0 Å². The molecule has 0 aromatic heterocycles. The normalized spacial score (nSPS) is 20.4. The van der Waals surface area contributed by atoms with Crippen molar-refractivity contribution in [1.29, 1.82) is 0 Å². The number of nitrogens with zero attached hydrogens (tertiary/aromatic N) is 2. The van der Waals surface area contributed by atoms with Crippen molar-refractivity contribution in [3.8, 4) is 5.75 Å². The van der Waals surface area contributed by atoms with E-state index in [0.717, 1.165) is 4.90 Å². The first-order chi connectivity index (χ1) is 14.4. The molecule has 4 amide bonds. The Morgan fingerprint density at radius 2 is 1.83 bits per heavy atom. The second kappa shape index (κ2) is 7.72. The van der Waals surface area contributed by atoms with Gasteiger partial charge in [0.05, 0.1) is 30.1 Å². The fraction of sp³-hybridized carbons (Fsp3) is 0.190. The zero-order valence-electron chi connectivity index (χ0n) is 16.3. The van der Waals surface area contributed by atoms with Gasteiger partial charge in [0.1, 0.15) is 11.8 Å². The van der Waals surface area contributed by atoms with Crippen LogP contribution >= 0.6 is 11.6 Å². The van der Waals surface area contributed by atoms with Crippen molar-refractivity contribution >= 4 is 40.8 Å². The maximum Gasteiger partial charge on any atom is 0.329 e. The lowest BCUT2D eigenvalue weighted by Crippen LogP contribution is -2.65. The third-order valence-corrected chi connectivity index (χ3v) is 5.34. The summed E-state index contributed by atoms with van der Waals surface area (Å²) in [5.74, 6) is -0.344. The number of likely N-dealkylation sites (N-methyl/N-ethyl adjacent to an activating group) is 1. The first-order valence-corrected chi connectivity index (χ1v) is 9.56. The van der Waals surface area contributed by atoms with Gasteiger partial charge in [-0.05, 0) is 36.4 Å². The van der Waals surface area contributed by atoms with E-state index in [9.17, 15) is 14.4 Å². The van der Waals surface area contributed by atoms with Crippen LogP contribution in [0.3, 0.4) is 0 Å². The molecule has 0 radical (unpaired) electrons. The number of imide groups is 1. The molecule has 0 saturated carbocycles. The lowest BCUT2D eigenvalue weighted by Gasteiger charge is -2.37. The van der Waals surface area contributed by atoms with Crippen molar-refractivity contribution in [3.05, 3.63) is 65.3 Å². The summed E-state index contributed by atoms with van der Waals surface area (Å²) < 4.78 is 5.26. The van der Waals surface area contributed by atoms with Gasteiger partial charge in [-0.3, -0.25) is 9.59 Å². The summed E-state index contributed by atoms with van der Waals surface area (Å²) in [6.07, 6.45) is 1.57. The van der Waals surface area contributed by atoms with Crippen molar-refractivity contribution in [2.75, 3.05) is 24.4 Å². The Balaban J connectivity index is 1.58. The number of ether oxygens (including phenoxy) is 1. The molecule has 8 nitrogen and oxygen atoms in total. The summed E-state index contributed by atoms with van der Waals surface area (Å²) in [5, 5.41) is 6.06. The molecule has 2 unspecified atom stereocenters. The molecule has 0 spiro atoms. The zero-order valence-corrected chi connectivity index (χ0v) is 17.0. The van der Waals surface area contributed by atoms with Gasteiger partial charge in [0.25, 0.3) is 11.8 Å². The highest BCUT2D eigenvalue weighted by atomic mass is 35.5. The van der Waals surface area contributed by atoms with Crippen molar-refractivity contribution in [2.45, 2.75) is 12.1 Å². The SMILES string of the molecule is COc1ccccc1NC(=O)C1=CN(C)C2C(=O)N(c3ccc(Cl)cc3)C(=O)NC12. The molecule has 2 heterocycles. The molecule has 2 aromatic rings. The number of carbonyl (C=O) groups is 3. The largest absolute Gasteiger partial charge is 0.495 e. The summed E-state index contributed by atoms with van der Waals surface area (Å²) in [6.45, 7) is 0. The van der Waals surface area contributed by atoms with Crippen LogP contribution in [0.1, 0.15) is 0 Å². The Bertz CT molecular complexity index is 1050. The van der Waals surface area contributed by atoms with Gasteiger partial charge >= 0.3 is 6.03 Å². The van der Waals surface area contributed by atoms with Crippen LogP contribution in [0.2, 0.25) is 5.02 Å². The number of hydrogen-bond acceptors (Lipinski definition) is 5. The number of methoxy groups -OCH3 is 1. The Morgan fingerprint density at radius 3 is 2.53 bits per heavy atom. The standard InChI is InChI=1S/C21H19ClN4O4/c1-25-11-14(19(27)23-15-5-3-4-6-16(15)30-2)17-18(25)20(28)26(21(29)24-17)13-9-7-12(22)8-10-13/h3-11,17-18H,1-2H3,(H,23,27)(H,24,29). The average molecular weight is 427 g/mol. The van der Waals surface area contributed by atoms with Crippen LogP contribution in [-0.4, -0.2) is 49.0 Å². The van der Waals surface area contributed by atoms with Crippen molar-refractivity contribution in [3.63, 3.8) is 0 Å². The van der Waals surface area contributed by atoms with Gasteiger partial charge in [0.2, 0.25) is 0 Å². The number of urea groups is 1. The molecule has 30 heavy (non-hydrogen) atoms. The van der Waals surface area contributed by atoms with Gasteiger partial charge in [-0.15, -0.1) is 0 Å². The fourth-order valence-corrected chi connectivity index (χ4v) is 3.79. The predicted octanol–water partition coefficient (Wildman–Crippen LogP) is 2.61. The molecule has 2 aliphatic rings. The molecular weight excluding hydrogens is 408 g/mol. The number of rotatable bonds is 4. The smallest absolute Gasteiger partial charge is 0.329 e. The highest BCUT2D eigenvalue weighted by molar-refractivity contribution is 6.30. The van der Waals surface area contributed by atoms with E-state index < -0.39 is 29.9 Å². The molecule has 2 aliphatic heterocycles. The minimum atomic E-state index is -0.770. The second-order valence-electron chi connectivity index (χ2n) is 6.93. The van der Waals surface area contributed by atoms with E-state index in [1.165, 1.54) is 7.11 Å². The molecule has 4 rings (SSSR count). The minimum absolute atomic E-state index is 0.283. The maximum atomic E-state index is 13.1. The van der Waals surface area contributed by atoms with E-state index in [4.69, 9.17) is 16.3 Å². The number of carbonyl (C=O) groups excluding carboxylic acids is 3.